The molecular formula is C19H24N2O6. The number of ether oxygens (including phenoxy) is 2. The molecule has 0 aliphatic carbocycles. The monoisotopic (exact) mass is 376 g/mol. The molecule has 8 nitrogen and oxygen atoms in total. The van der Waals surface area contributed by atoms with Crippen LogP contribution in [0, 0.1) is 13.8 Å². The molecular weight excluding hydrogens is 352 g/mol. The molecule has 0 saturated heterocycles. The van der Waals surface area contributed by atoms with Crippen molar-refractivity contribution >= 4 is 17.5 Å². The first-order valence-corrected chi connectivity index (χ1v) is 8.42. The SMILES string of the molecule is COc1ccc(NC(=O)C(=O)NCCC(O)c2cc(C)oc2C)cc1OC. The number of rotatable bonds is 7. The zero-order valence-electron chi connectivity index (χ0n) is 15.8. The maximum absolute atomic E-state index is 12.0. The van der Waals surface area contributed by atoms with Crippen molar-refractivity contribution in [3.05, 3.63) is 41.3 Å². The number of aryl methyl sites for hydroxylation is 2. The normalized spacial score (nSPS) is 11.6. The van der Waals surface area contributed by atoms with Gasteiger partial charge in [-0.3, -0.25) is 9.59 Å². The maximum Gasteiger partial charge on any atom is 0.313 e. The van der Waals surface area contributed by atoms with E-state index in [0.29, 0.717) is 34.3 Å². The van der Waals surface area contributed by atoms with Gasteiger partial charge in [0.25, 0.3) is 0 Å². The third-order valence-electron chi connectivity index (χ3n) is 3.99. The lowest BCUT2D eigenvalue weighted by Crippen LogP contribution is -2.36. The number of methoxy groups -OCH3 is 2. The Morgan fingerprint density at radius 1 is 1.11 bits per heavy atom. The third-order valence-corrected chi connectivity index (χ3v) is 3.99. The van der Waals surface area contributed by atoms with Crippen molar-refractivity contribution in [2.75, 3.05) is 26.1 Å². The molecule has 1 atom stereocenters. The number of carbonyl (C=O) groups excluding carboxylic acids is 2. The van der Waals surface area contributed by atoms with E-state index in [2.05, 4.69) is 10.6 Å². The van der Waals surface area contributed by atoms with Gasteiger partial charge in [0, 0.05) is 23.9 Å². The quantitative estimate of drug-likeness (QED) is 0.638. The van der Waals surface area contributed by atoms with E-state index in [1.165, 1.54) is 14.2 Å². The first-order valence-electron chi connectivity index (χ1n) is 8.42. The number of carbonyl (C=O) groups is 2. The highest BCUT2D eigenvalue weighted by Gasteiger charge is 2.17. The molecule has 0 radical (unpaired) electrons. The molecule has 1 heterocycles. The van der Waals surface area contributed by atoms with Crippen LogP contribution >= 0.6 is 0 Å². The van der Waals surface area contributed by atoms with Crippen molar-refractivity contribution in [1.29, 1.82) is 0 Å². The number of aliphatic hydroxyl groups excluding tert-OH is 1. The van der Waals surface area contributed by atoms with E-state index in [1.54, 1.807) is 38.1 Å². The van der Waals surface area contributed by atoms with Gasteiger partial charge >= 0.3 is 11.8 Å². The highest BCUT2D eigenvalue weighted by molar-refractivity contribution is 6.39. The molecule has 3 N–H and O–H groups in total. The molecule has 1 aromatic carbocycles. The Bertz CT molecular complexity index is 815. The van der Waals surface area contributed by atoms with Crippen LogP contribution in [0.2, 0.25) is 0 Å². The molecule has 27 heavy (non-hydrogen) atoms. The second kappa shape index (κ2) is 9.09. The molecule has 1 aromatic heterocycles. The Morgan fingerprint density at radius 3 is 2.41 bits per heavy atom. The standard InChI is InChI=1S/C19H24N2O6/c1-11-9-14(12(2)27-11)15(22)7-8-20-18(23)19(24)21-13-5-6-16(25-3)17(10-13)26-4/h5-6,9-10,15,22H,7-8H2,1-4H3,(H,20,23)(H,21,24). The predicted octanol–water partition coefficient (Wildman–Crippen LogP) is 2.09. The van der Waals surface area contributed by atoms with Gasteiger partial charge in [-0.2, -0.15) is 0 Å². The van der Waals surface area contributed by atoms with Gasteiger partial charge in [-0.25, -0.2) is 0 Å². The molecule has 0 spiro atoms. The van der Waals surface area contributed by atoms with Crippen LogP contribution in [0.1, 0.15) is 29.6 Å². The van der Waals surface area contributed by atoms with E-state index >= 15 is 0 Å². The number of hydrogen-bond donors (Lipinski definition) is 3. The average molecular weight is 376 g/mol. The average Bonchev–Trinajstić information content (AvgIpc) is 2.99. The van der Waals surface area contributed by atoms with Gasteiger partial charge in [0.1, 0.15) is 11.5 Å². The molecule has 0 aliphatic rings. The second-order valence-corrected chi connectivity index (χ2v) is 5.95. The summed E-state index contributed by atoms with van der Waals surface area (Å²) in [5.41, 5.74) is 1.08. The molecule has 1 unspecified atom stereocenters. The summed E-state index contributed by atoms with van der Waals surface area (Å²) in [4.78, 5) is 23.9. The molecule has 0 fully saturated rings. The summed E-state index contributed by atoms with van der Waals surface area (Å²) in [5.74, 6) is 0.685. The molecule has 2 amide bonds. The number of benzene rings is 1. The van der Waals surface area contributed by atoms with Gasteiger partial charge in [-0.1, -0.05) is 0 Å². The largest absolute Gasteiger partial charge is 0.493 e. The first-order chi connectivity index (χ1) is 12.8. The molecule has 2 rings (SSSR count). The second-order valence-electron chi connectivity index (χ2n) is 5.95. The van der Waals surface area contributed by atoms with Crippen LogP contribution < -0.4 is 20.1 Å². The van der Waals surface area contributed by atoms with Crippen molar-refractivity contribution in [3.8, 4) is 11.5 Å². The van der Waals surface area contributed by atoms with Gasteiger partial charge in [0.05, 0.1) is 20.3 Å². The Hall–Kier alpha value is -3.00. The number of hydrogen-bond acceptors (Lipinski definition) is 6. The van der Waals surface area contributed by atoms with Crippen LogP contribution in [0.5, 0.6) is 11.5 Å². The summed E-state index contributed by atoms with van der Waals surface area (Å²) in [5, 5.41) is 15.1. The summed E-state index contributed by atoms with van der Waals surface area (Å²) in [6.07, 6.45) is -0.522. The molecule has 0 aliphatic heterocycles. The van der Waals surface area contributed by atoms with E-state index in [9.17, 15) is 14.7 Å². The molecule has 2 aromatic rings. The number of nitrogens with one attached hydrogen (secondary N) is 2. The van der Waals surface area contributed by atoms with Gasteiger partial charge in [-0.15, -0.1) is 0 Å². The Morgan fingerprint density at radius 2 is 1.81 bits per heavy atom. The number of amides is 2. The van der Waals surface area contributed by atoms with Crippen LogP contribution in [0.3, 0.4) is 0 Å². The predicted molar refractivity (Wildman–Crippen MR) is 98.9 cm³/mol. The van der Waals surface area contributed by atoms with E-state index in [4.69, 9.17) is 13.9 Å². The van der Waals surface area contributed by atoms with E-state index < -0.39 is 17.9 Å². The van der Waals surface area contributed by atoms with Crippen LogP contribution in [-0.4, -0.2) is 37.7 Å². The van der Waals surface area contributed by atoms with Crippen LogP contribution in [0.4, 0.5) is 5.69 Å². The maximum atomic E-state index is 12.0. The van der Waals surface area contributed by atoms with Crippen molar-refractivity contribution < 1.29 is 28.6 Å². The Labute approximate surface area is 157 Å². The van der Waals surface area contributed by atoms with Crippen LogP contribution in [-0.2, 0) is 9.59 Å². The summed E-state index contributed by atoms with van der Waals surface area (Å²) in [6, 6.07) is 6.53. The summed E-state index contributed by atoms with van der Waals surface area (Å²) < 4.78 is 15.6. The van der Waals surface area contributed by atoms with E-state index in [0.717, 1.165) is 0 Å². The van der Waals surface area contributed by atoms with E-state index in [-0.39, 0.29) is 13.0 Å². The van der Waals surface area contributed by atoms with Crippen molar-refractivity contribution in [3.63, 3.8) is 0 Å². The van der Waals surface area contributed by atoms with Crippen molar-refractivity contribution in [2.45, 2.75) is 26.4 Å². The van der Waals surface area contributed by atoms with E-state index in [1.807, 2.05) is 0 Å². The smallest absolute Gasteiger partial charge is 0.313 e. The molecule has 8 heteroatoms. The Kier molecular flexibility index (Phi) is 6.84. The fourth-order valence-electron chi connectivity index (χ4n) is 2.64. The van der Waals surface area contributed by atoms with Gasteiger partial charge < -0.3 is 29.6 Å². The zero-order valence-corrected chi connectivity index (χ0v) is 15.8. The van der Waals surface area contributed by atoms with Crippen molar-refractivity contribution in [2.24, 2.45) is 0 Å². The number of aliphatic hydroxyl groups is 1. The van der Waals surface area contributed by atoms with Crippen LogP contribution in [0.15, 0.2) is 28.7 Å². The topological polar surface area (TPSA) is 110 Å². The van der Waals surface area contributed by atoms with Gasteiger partial charge in [0.2, 0.25) is 0 Å². The fourth-order valence-corrected chi connectivity index (χ4v) is 2.64. The molecule has 146 valence electrons. The Balaban J connectivity index is 1.85. The highest BCUT2D eigenvalue weighted by atomic mass is 16.5. The highest BCUT2D eigenvalue weighted by Crippen LogP contribution is 2.29. The minimum Gasteiger partial charge on any atom is -0.493 e. The third kappa shape index (κ3) is 5.24. The zero-order chi connectivity index (χ0) is 20.0. The van der Waals surface area contributed by atoms with Crippen LogP contribution in [0.25, 0.3) is 0 Å². The van der Waals surface area contributed by atoms with Crippen molar-refractivity contribution in [1.82, 2.24) is 5.32 Å². The lowest BCUT2D eigenvalue weighted by atomic mass is 10.1. The summed E-state index contributed by atoms with van der Waals surface area (Å²) in [7, 11) is 2.98. The lowest BCUT2D eigenvalue weighted by molar-refractivity contribution is -0.136. The minimum absolute atomic E-state index is 0.142. The molecule has 0 saturated carbocycles. The first kappa shape index (κ1) is 20.3. The molecule has 0 bridgehead atoms. The number of anilines is 1. The summed E-state index contributed by atoms with van der Waals surface area (Å²) in [6.45, 7) is 3.70. The fraction of sp³-hybridized carbons (Fsp3) is 0.368. The minimum atomic E-state index is -0.813. The summed E-state index contributed by atoms with van der Waals surface area (Å²) >= 11 is 0. The lowest BCUT2D eigenvalue weighted by Gasteiger charge is -2.12. The number of furan rings is 1. The van der Waals surface area contributed by atoms with Gasteiger partial charge in [0.15, 0.2) is 11.5 Å². The van der Waals surface area contributed by atoms with Gasteiger partial charge in [-0.05, 0) is 38.5 Å².